The van der Waals surface area contributed by atoms with Gasteiger partial charge in [0, 0.05) is 12.4 Å². The van der Waals surface area contributed by atoms with Crippen molar-refractivity contribution in [1.29, 1.82) is 0 Å². The minimum atomic E-state index is 0.215. The zero-order valence-electron chi connectivity index (χ0n) is 8.45. The Hall–Kier alpha value is -1.22. The van der Waals surface area contributed by atoms with E-state index in [9.17, 15) is 0 Å². The molecule has 0 radical (unpaired) electrons. The molecule has 0 aliphatic carbocycles. The standard InChI is InChI=1S/C12H14N2S/c15-12(14-9-8-13-10-14)7-6-11-4-2-1-3-5-11/h1-5,8-10,12,15H,6-7H2. The van der Waals surface area contributed by atoms with Gasteiger partial charge in [0.2, 0.25) is 0 Å². The normalized spacial score (nSPS) is 12.6. The third kappa shape index (κ3) is 2.86. The monoisotopic (exact) mass is 218 g/mol. The highest BCUT2D eigenvalue weighted by Gasteiger charge is 2.04. The van der Waals surface area contributed by atoms with Crippen LogP contribution in [0.25, 0.3) is 0 Å². The summed E-state index contributed by atoms with van der Waals surface area (Å²) in [5, 5.41) is 0.215. The molecule has 0 spiro atoms. The molecule has 3 heteroatoms. The number of hydrogen-bond acceptors (Lipinski definition) is 2. The van der Waals surface area contributed by atoms with Crippen LogP contribution >= 0.6 is 12.6 Å². The van der Waals surface area contributed by atoms with Crippen molar-refractivity contribution in [2.24, 2.45) is 0 Å². The molecule has 0 aliphatic rings. The molecule has 1 atom stereocenters. The van der Waals surface area contributed by atoms with E-state index in [0.717, 1.165) is 12.8 Å². The van der Waals surface area contributed by atoms with E-state index >= 15 is 0 Å². The quantitative estimate of drug-likeness (QED) is 0.781. The largest absolute Gasteiger partial charge is 0.325 e. The van der Waals surface area contributed by atoms with E-state index in [2.05, 4.69) is 41.9 Å². The first-order valence-electron chi connectivity index (χ1n) is 5.06. The zero-order valence-corrected chi connectivity index (χ0v) is 9.35. The first kappa shape index (κ1) is 10.3. The molecule has 2 rings (SSSR count). The molecule has 0 saturated heterocycles. The van der Waals surface area contributed by atoms with Crippen molar-refractivity contribution in [2.75, 3.05) is 0 Å². The molecule has 78 valence electrons. The number of nitrogens with zero attached hydrogens (tertiary/aromatic N) is 2. The SMILES string of the molecule is SC(CCc1ccccc1)n1ccnc1. The summed E-state index contributed by atoms with van der Waals surface area (Å²) in [5.41, 5.74) is 1.36. The van der Waals surface area contributed by atoms with Crippen LogP contribution < -0.4 is 0 Å². The third-order valence-electron chi connectivity index (χ3n) is 2.40. The first-order chi connectivity index (χ1) is 7.36. The van der Waals surface area contributed by atoms with Crippen molar-refractivity contribution in [3.8, 4) is 0 Å². The highest BCUT2D eigenvalue weighted by Crippen LogP contribution is 2.18. The van der Waals surface area contributed by atoms with Gasteiger partial charge in [0.05, 0.1) is 11.7 Å². The van der Waals surface area contributed by atoms with Crippen LogP contribution in [0.2, 0.25) is 0 Å². The molecule has 1 aromatic carbocycles. The van der Waals surface area contributed by atoms with E-state index in [-0.39, 0.29) is 5.37 Å². The minimum Gasteiger partial charge on any atom is -0.325 e. The fourth-order valence-corrected chi connectivity index (χ4v) is 1.80. The molecule has 0 fully saturated rings. The second-order valence-corrected chi connectivity index (χ2v) is 4.11. The Bertz CT molecular complexity index is 383. The summed E-state index contributed by atoms with van der Waals surface area (Å²) in [5.74, 6) is 0. The topological polar surface area (TPSA) is 17.8 Å². The van der Waals surface area contributed by atoms with Gasteiger partial charge in [-0.15, -0.1) is 0 Å². The van der Waals surface area contributed by atoms with Gasteiger partial charge >= 0.3 is 0 Å². The fraction of sp³-hybridized carbons (Fsp3) is 0.250. The van der Waals surface area contributed by atoms with E-state index in [1.54, 1.807) is 6.20 Å². The maximum absolute atomic E-state index is 4.54. The summed E-state index contributed by atoms with van der Waals surface area (Å²) in [7, 11) is 0. The molecule has 0 N–H and O–H groups in total. The Balaban J connectivity index is 1.89. The van der Waals surface area contributed by atoms with Crippen molar-refractivity contribution < 1.29 is 0 Å². The molecule has 0 saturated carbocycles. The Morgan fingerprint density at radius 2 is 2.07 bits per heavy atom. The molecule has 1 heterocycles. The number of thiol groups is 1. The molecular weight excluding hydrogens is 204 g/mol. The van der Waals surface area contributed by atoms with Gasteiger partial charge in [-0.2, -0.15) is 12.6 Å². The van der Waals surface area contributed by atoms with E-state index in [0.29, 0.717) is 0 Å². The van der Waals surface area contributed by atoms with Crippen molar-refractivity contribution in [2.45, 2.75) is 18.2 Å². The average Bonchev–Trinajstić information content (AvgIpc) is 2.81. The van der Waals surface area contributed by atoms with Crippen molar-refractivity contribution in [3.63, 3.8) is 0 Å². The molecule has 1 aromatic heterocycles. The number of aryl methyl sites for hydroxylation is 1. The van der Waals surface area contributed by atoms with Gasteiger partial charge in [-0.25, -0.2) is 4.98 Å². The average molecular weight is 218 g/mol. The van der Waals surface area contributed by atoms with Crippen LogP contribution in [-0.2, 0) is 6.42 Å². The van der Waals surface area contributed by atoms with Crippen LogP contribution in [0, 0.1) is 0 Å². The van der Waals surface area contributed by atoms with Gasteiger partial charge in [-0.1, -0.05) is 30.3 Å². The molecule has 1 unspecified atom stereocenters. The van der Waals surface area contributed by atoms with E-state index in [1.165, 1.54) is 5.56 Å². The summed E-state index contributed by atoms with van der Waals surface area (Å²) in [6, 6.07) is 10.5. The minimum absolute atomic E-state index is 0.215. The number of rotatable bonds is 4. The van der Waals surface area contributed by atoms with Crippen LogP contribution in [0.4, 0.5) is 0 Å². The summed E-state index contributed by atoms with van der Waals surface area (Å²) >= 11 is 4.54. The Labute approximate surface area is 95.4 Å². The summed E-state index contributed by atoms with van der Waals surface area (Å²) in [4.78, 5) is 4.01. The lowest BCUT2D eigenvalue weighted by atomic mass is 10.1. The van der Waals surface area contributed by atoms with E-state index in [1.807, 2.05) is 23.2 Å². The van der Waals surface area contributed by atoms with Gasteiger partial charge in [0.25, 0.3) is 0 Å². The Morgan fingerprint density at radius 3 is 2.73 bits per heavy atom. The van der Waals surface area contributed by atoms with Gasteiger partial charge in [-0.05, 0) is 18.4 Å². The van der Waals surface area contributed by atoms with Crippen molar-refractivity contribution >= 4 is 12.6 Å². The molecule has 15 heavy (non-hydrogen) atoms. The van der Waals surface area contributed by atoms with E-state index in [4.69, 9.17) is 0 Å². The summed E-state index contributed by atoms with van der Waals surface area (Å²) in [6.07, 6.45) is 7.60. The Morgan fingerprint density at radius 1 is 1.27 bits per heavy atom. The first-order valence-corrected chi connectivity index (χ1v) is 5.57. The molecule has 0 bridgehead atoms. The maximum atomic E-state index is 4.54. The second kappa shape index (κ2) is 5.03. The molecular formula is C12H14N2S. The number of aromatic nitrogens is 2. The number of imidazole rings is 1. The van der Waals surface area contributed by atoms with Crippen LogP contribution in [0.5, 0.6) is 0 Å². The van der Waals surface area contributed by atoms with Crippen LogP contribution in [0.1, 0.15) is 17.4 Å². The molecule has 2 nitrogen and oxygen atoms in total. The zero-order chi connectivity index (χ0) is 10.5. The van der Waals surface area contributed by atoms with Gasteiger partial charge < -0.3 is 4.57 Å². The Kier molecular flexibility index (Phi) is 3.45. The van der Waals surface area contributed by atoms with Crippen LogP contribution in [0.15, 0.2) is 49.1 Å². The van der Waals surface area contributed by atoms with Crippen molar-refractivity contribution in [3.05, 3.63) is 54.6 Å². The number of benzene rings is 1. The number of hydrogen-bond donors (Lipinski definition) is 1. The molecule has 2 aromatic rings. The van der Waals surface area contributed by atoms with Gasteiger partial charge in [-0.3, -0.25) is 0 Å². The molecule has 0 amide bonds. The smallest absolute Gasteiger partial charge is 0.0955 e. The van der Waals surface area contributed by atoms with Gasteiger partial charge in [0.15, 0.2) is 0 Å². The molecule has 0 aliphatic heterocycles. The predicted octanol–water partition coefficient (Wildman–Crippen LogP) is 2.94. The lowest BCUT2D eigenvalue weighted by Crippen LogP contribution is -2.01. The fourth-order valence-electron chi connectivity index (χ4n) is 1.54. The van der Waals surface area contributed by atoms with Crippen molar-refractivity contribution in [1.82, 2.24) is 9.55 Å². The summed E-state index contributed by atoms with van der Waals surface area (Å²) in [6.45, 7) is 0. The van der Waals surface area contributed by atoms with Crippen LogP contribution in [0.3, 0.4) is 0 Å². The maximum Gasteiger partial charge on any atom is 0.0955 e. The lowest BCUT2D eigenvalue weighted by Gasteiger charge is -2.11. The summed E-state index contributed by atoms with van der Waals surface area (Å²) < 4.78 is 2.02. The predicted molar refractivity (Wildman–Crippen MR) is 65.0 cm³/mol. The van der Waals surface area contributed by atoms with E-state index < -0.39 is 0 Å². The van der Waals surface area contributed by atoms with Gasteiger partial charge in [0.1, 0.15) is 0 Å². The highest BCUT2D eigenvalue weighted by molar-refractivity contribution is 7.80. The third-order valence-corrected chi connectivity index (χ3v) is 2.93. The van der Waals surface area contributed by atoms with Crippen LogP contribution in [-0.4, -0.2) is 9.55 Å². The lowest BCUT2D eigenvalue weighted by molar-refractivity contribution is 0.627. The second-order valence-electron chi connectivity index (χ2n) is 3.51. The highest BCUT2D eigenvalue weighted by atomic mass is 32.1.